The van der Waals surface area contributed by atoms with Crippen molar-refractivity contribution in [3.8, 4) is 0 Å². The Hall–Kier alpha value is -0.770. The van der Waals surface area contributed by atoms with Crippen LogP contribution < -0.4 is 5.32 Å². The maximum absolute atomic E-state index is 5.70. The molecule has 1 saturated heterocycles. The van der Waals surface area contributed by atoms with Crippen LogP contribution in [0.1, 0.15) is 24.0 Å². The fraction of sp³-hybridized carbons (Fsp3) is 0.600. The van der Waals surface area contributed by atoms with Gasteiger partial charge in [-0.1, -0.05) is 18.2 Å². The molecule has 3 nitrogen and oxygen atoms in total. The molecule has 2 heterocycles. The van der Waals surface area contributed by atoms with Gasteiger partial charge in [-0.3, -0.25) is 4.90 Å². The molecule has 1 aromatic carbocycles. The van der Waals surface area contributed by atoms with E-state index in [0.29, 0.717) is 6.10 Å². The second-order valence-corrected chi connectivity index (χ2v) is 5.46. The SMILES string of the molecule is CN(Cc1cccc2c1NCC2)CC1CCCO1.Cl. The lowest BCUT2D eigenvalue weighted by Crippen LogP contribution is -2.28. The fourth-order valence-electron chi connectivity index (χ4n) is 3.03. The molecule has 4 heteroatoms. The van der Waals surface area contributed by atoms with Gasteiger partial charge in [0.15, 0.2) is 0 Å². The number of nitrogens with one attached hydrogen (secondary N) is 1. The molecule has 3 rings (SSSR count). The molecule has 1 unspecified atom stereocenters. The largest absolute Gasteiger partial charge is 0.384 e. The molecule has 0 amide bonds. The van der Waals surface area contributed by atoms with Gasteiger partial charge in [0.1, 0.15) is 0 Å². The molecule has 106 valence electrons. The minimum atomic E-state index is 0. The summed E-state index contributed by atoms with van der Waals surface area (Å²) >= 11 is 0. The summed E-state index contributed by atoms with van der Waals surface area (Å²) in [5.74, 6) is 0. The first kappa shape index (κ1) is 14.6. The molecule has 0 radical (unpaired) electrons. The summed E-state index contributed by atoms with van der Waals surface area (Å²) in [6, 6.07) is 6.66. The van der Waals surface area contributed by atoms with E-state index in [-0.39, 0.29) is 12.4 Å². The summed E-state index contributed by atoms with van der Waals surface area (Å²) in [4.78, 5) is 2.38. The number of likely N-dealkylation sites (N-methyl/N-ethyl adjacent to an activating group) is 1. The maximum Gasteiger partial charge on any atom is 0.0702 e. The van der Waals surface area contributed by atoms with Crippen LogP contribution in [0.25, 0.3) is 0 Å². The van der Waals surface area contributed by atoms with Gasteiger partial charge in [0.2, 0.25) is 0 Å². The Balaban J connectivity index is 0.00000133. The van der Waals surface area contributed by atoms with Crippen molar-refractivity contribution < 1.29 is 4.74 Å². The van der Waals surface area contributed by atoms with Crippen LogP contribution >= 0.6 is 12.4 Å². The number of para-hydroxylation sites is 1. The molecule has 0 aromatic heterocycles. The first-order valence-corrected chi connectivity index (χ1v) is 6.98. The predicted octanol–water partition coefficient (Wildman–Crippen LogP) is 2.69. The van der Waals surface area contributed by atoms with Gasteiger partial charge in [-0.2, -0.15) is 0 Å². The number of halogens is 1. The second kappa shape index (κ2) is 6.60. The van der Waals surface area contributed by atoms with Crippen LogP contribution in [0.2, 0.25) is 0 Å². The minimum Gasteiger partial charge on any atom is -0.384 e. The summed E-state index contributed by atoms with van der Waals surface area (Å²) in [6.07, 6.45) is 4.05. The highest BCUT2D eigenvalue weighted by Crippen LogP contribution is 2.27. The molecule has 0 aliphatic carbocycles. The van der Waals surface area contributed by atoms with Gasteiger partial charge in [-0.05, 0) is 37.4 Å². The predicted molar refractivity (Wildman–Crippen MR) is 81.2 cm³/mol. The van der Waals surface area contributed by atoms with Gasteiger partial charge >= 0.3 is 0 Å². The molecule has 0 spiro atoms. The average molecular weight is 283 g/mol. The monoisotopic (exact) mass is 282 g/mol. The van der Waals surface area contributed by atoms with Crippen LogP contribution in [0.5, 0.6) is 0 Å². The molecule has 1 N–H and O–H groups in total. The number of fused-ring (bicyclic) bond motifs is 1. The Morgan fingerprint density at radius 3 is 3.11 bits per heavy atom. The summed E-state index contributed by atoms with van der Waals surface area (Å²) in [5, 5.41) is 3.51. The van der Waals surface area contributed by atoms with E-state index < -0.39 is 0 Å². The van der Waals surface area contributed by atoms with E-state index in [1.165, 1.54) is 36.1 Å². The van der Waals surface area contributed by atoms with Crippen molar-refractivity contribution in [3.05, 3.63) is 29.3 Å². The summed E-state index contributed by atoms with van der Waals surface area (Å²) < 4.78 is 5.70. The molecule has 1 aromatic rings. The Bertz CT molecular complexity index is 419. The first-order valence-electron chi connectivity index (χ1n) is 6.98. The highest BCUT2D eigenvalue weighted by atomic mass is 35.5. The topological polar surface area (TPSA) is 24.5 Å². The second-order valence-electron chi connectivity index (χ2n) is 5.46. The van der Waals surface area contributed by atoms with E-state index in [1.54, 1.807) is 0 Å². The molecule has 2 aliphatic rings. The van der Waals surface area contributed by atoms with Crippen LogP contribution in [0.15, 0.2) is 18.2 Å². The van der Waals surface area contributed by atoms with Crippen molar-refractivity contribution in [2.75, 3.05) is 32.1 Å². The van der Waals surface area contributed by atoms with E-state index >= 15 is 0 Å². The number of anilines is 1. The van der Waals surface area contributed by atoms with Crippen LogP contribution in [0.3, 0.4) is 0 Å². The lowest BCUT2D eigenvalue weighted by Gasteiger charge is -2.21. The lowest BCUT2D eigenvalue weighted by molar-refractivity contribution is 0.0794. The molecule has 1 fully saturated rings. The van der Waals surface area contributed by atoms with E-state index in [9.17, 15) is 0 Å². The zero-order chi connectivity index (χ0) is 12.4. The molecular formula is C15H23ClN2O. The van der Waals surface area contributed by atoms with Gasteiger partial charge in [-0.15, -0.1) is 12.4 Å². The molecular weight excluding hydrogens is 260 g/mol. The number of hydrogen-bond acceptors (Lipinski definition) is 3. The highest BCUT2D eigenvalue weighted by Gasteiger charge is 2.19. The van der Waals surface area contributed by atoms with Crippen molar-refractivity contribution in [2.45, 2.75) is 31.9 Å². The minimum absolute atomic E-state index is 0. The molecule has 19 heavy (non-hydrogen) atoms. The molecule has 2 aliphatic heterocycles. The molecule has 0 bridgehead atoms. The Kier molecular flexibility index (Phi) is 5.08. The van der Waals surface area contributed by atoms with Crippen LogP contribution in [0.4, 0.5) is 5.69 Å². The van der Waals surface area contributed by atoms with Crippen molar-refractivity contribution in [2.24, 2.45) is 0 Å². The van der Waals surface area contributed by atoms with Crippen LogP contribution in [0, 0.1) is 0 Å². The molecule has 0 saturated carbocycles. The van der Waals surface area contributed by atoms with E-state index in [2.05, 4.69) is 35.5 Å². The zero-order valence-electron chi connectivity index (χ0n) is 11.5. The summed E-state index contributed by atoms with van der Waals surface area (Å²) in [6.45, 7) is 4.09. The lowest BCUT2D eigenvalue weighted by atomic mass is 10.1. The van der Waals surface area contributed by atoms with Crippen molar-refractivity contribution in [3.63, 3.8) is 0 Å². The van der Waals surface area contributed by atoms with Gasteiger partial charge < -0.3 is 10.1 Å². The van der Waals surface area contributed by atoms with Gasteiger partial charge in [0, 0.05) is 31.9 Å². The Morgan fingerprint density at radius 1 is 1.42 bits per heavy atom. The first-order chi connectivity index (χ1) is 8.83. The third-order valence-corrected chi connectivity index (χ3v) is 3.91. The van der Waals surface area contributed by atoms with Crippen molar-refractivity contribution in [1.82, 2.24) is 4.90 Å². The Labute approximate surface area is 121 Å². The average Bonchev–Trinajstić information content (AvgIpc) is 2.99. The van der Waals surface area contributed by atoms with Crippen molar-refractivity contribution >= 4 is 18.1 Å². The standard InChI is InChI=1S/C15H22N2O.ClH/c1-17(11-14-6-3-9-18-14)10-13-5-2-4-12-7-8-16-15(12)13;/h2,4-5,14,16H,3,6-11H2,1H3;1H. The maximum atomic E-state index is 5.70. The van der Waals surface area contributed by atoms with E-state index in [1.807, 2.05) is 0 Å². The van der Waals surface area contributed by atoms with Crippen molar-refractivity contribution in [1.29, 1.82) is 0 Å². The third kappa shape index (κ3) is 3.41. The number of rotatable bonds is 4. The van der Waals surface area contributed by atoms with Gasteiger partial charge in [0.05, 0.1) is 6.10 Å². The van der Waals surface area contributed by atoms with E-state index in [0.717, 1.165) is 26.2 Å². The normalized spacial score (nSPS) is 21.1. The van der Waals surface area contributed by atoms with E-state index in [4.69, 9.17) is 4.74 Å². The Morgan fingerprint density at radius 2 is 2.32 bits per heavy atom. The highest BCUT2D eigenvalue weighted by molar-refractivity contribution is 5.85. The number of nitrogens with zero attached hydrogens (tertiary/aromatic N) is 1. The fourth-order valence-corrected chi connectivity index (χ4v) is 3.03. The number of benzene rings is 1. The number of ether oxygens (including phenoxy) is 1. The van der Waals surface area contributed by atoms with Crippen LogP contribution in [-0.4, -0.2) is 37.7 Å². The zero-order valence-corrected chi connectivity index (χ0v) is 12.3. The van der Waals surface area contributed by atoms with Gasteiger partial charge in [-0.25, -0.2) is 0 Å². The number of hydrogen-bond donors (Lipinski definition) is 1. The quantitative estimate of drug-likeness (QED) is 0.919. The third-order valence-electron chi connectivity index (χ3n) is 3.91. The molecule has 1 atom stereocenters. The van der Waals surface area contributed by atoms with Crippen LogP contribution in [-0.2, 0) is 17.7 Å². The smallest absolute Gasteiger partial charge is 0.0702 e. The summed E-state index contributed by atoms with van der Waals surface area (Å²) in [7, 11) is 2.19. The summed E-state index contributed by atoms with van der Waals surface area (Å²) in [5.41, 5.74) is 4.26. The van der Waals surface area contributed by atoms with Gasteiger partial charge in [0.25, 0.3) is 0 Å².